The molecule has 1 aromatic rings. The first kappa shape index (κ1) is 14.7. The number of rotatable bonds is 6. The Kier molecular flexibility index (Phi) is 5.37. The van der Waals surface area contributed by atoms with E-state index in [0.717, 1.165) is 6.07 Å². The van der Waals surface area contributed by atoms with Crippen molar-refractivity contribution >= 4 is 5.78 Å². The molecular formula is C13H16F2O3. The van der Waals surface area contributed by atoms with Crippen LogP contribution in [0.25, 0.3) is 0 Å². The summed E-state index contributed by atoms with van der Waals surface area (Å²) >= 11 is 0. The minimum absolute atomic E-state index is 0.200. The third kappa shape index (κ3) is 3.11. The van der Waals surface area contributed by atoms with Crippen LogP contribution >= 0.6 is 0 Å². The number of Topliss-reactive ketones (excluding diaryl/α,β-unsaturated/α-hetero) is 1. The van der Waals surface area contributed by atoms with Crippen molar-refractivity contribution in [1.29, 1.82) is 0 Å². The quantitative estimate of drug-likeness (QED) is 0.581. The van der Waals surface area contributed by atoms with Crippen molar-refractivity contribution in [2.45, 2.75) is 27.1 Å². The predicted octanol–water partition coefficient (Wildman–Crippen LogP) is 2.86. The fourth-order valence-electron chi connectivity index (χ4n) is 1.50. The fourth-order valence-corrected chi connectivity index (χ4v) is 1.50. The summed E-state index contributed by atoms with van der Waals surface area (Å²) in [5.74, 6) is -2.62. The molecule has 1 rings (SSSR count). The van der Waals surface area contributed by atoms with E-state index < -0.39 is 29.3 Å². The maximum atomic E-state index is 13.8. The fraction of sp³-hybridized carbons (Fsp3) is 0.462. The minimum atomic E-state index is -1.27. The van der Waals surface area contributed by atoms with Gasteiger partial charge in [0.05, 0.1) is 5.56 Å². The highest BCUT2D eigenvalue weighted by Gasteiger charge is 2.27. The summed E-state index contributed by atoms with van der Waals surface area (Å²) in [5.41, 5.74) is -0.409. The Hall–Kier alpha value is -1.33. The number of carbonyl (C=O) groups excluding carboxylic acids is 1. The zero-order valence-corrected chi connectivity index (χ0v) is 10.6. The first-order chi connectivity index (χ1) is 8.52. The first-order valence-corrected chi connectivity index (χ1v) is 5.74. The Morgan fingerprint density at radius 3 is 2.28 bits per heavy atom. The molecule has 0 aliphatic rings. The van der Waals surface area contributed by atoms with Crippen LogP contribution in [0.4, 0.5) is 8.78 Å². The molecule has 18 heavy (non-hydrogen) atoms. The molecule has 0 aromatic heterocycles. The van der Waals surface area contributed by atoms with Crippen LogP contribution in [-0.4, -0.2) is 25.3 Å². The van der Waals surface area contributed by atoms with Crippen LogP contribution in [0.15, 0.2) is 12.1 Å². The molecule has 0 saturated heterocycles. The lowest BCUT2D eigenvalue weighted by atomic mass is 10.1. The molecule has 0 N–H and O–H groups in total. The number of hydrogen-bond donors (Lipinski definition) is 0. The Balaban J connectivity index is 3.11. The van der Waals surface area contributed by atoms with E-state index in [-0.39, 0.29) is 18.8 Å². The number of halogens is 2. The van der Waals surface area contributed by atoms with Gasteiger partial charge in [-0.15, -0.1) is 0 Å². The van der Waals surface area contributed by atoms with Crippen LogP contribution in [0.3, 0.4) is 0 Å². The minimum Gasteiger partial charge on any atom is -0.346 e. The van der Waals surface area contributed by atoms with Gasteiger partial charge >= 0.3 is 0 Å². The molecule has 0 atom stereocenters. The van der Waals surface area contributed by atoms with E-state index in [9.17, 15) is 13.6 Å². The smallest absolute Gasteiger partial charge is 0.224 e. The van der Waals surface area contributed by atoms with Gasteiger partial charge in [-0.1, -0.05) is 6.07 Å². The van der Waals surface area contributed by atoms with Gasteiger partial charge in [0.1, 0.15) is 11.6 Å². The molecule has 0 fully saturated rings. The van der Waals surface area contributed by atoms with Gasteiger partial charge in [0.15, 0.2) is 0 Å². The maximum Gasteiger partial charge on any atom is 0.224 e. The van der Waals surface area contributed by atoms with Crippen LogP contribution in [0.2, 0.25) is 0 Å². The van der Waals surface area contributed by atoms with Gasteiger partial charge in [-0.2, -0.15) is 0 Å². The topological polar surface area (TPSA) is 35.5 Å². The normalized spacial score (nSPS) is 11.0. The van der Waals surface area contributed by atoms with E-state index >= 15 is 0 Å². The second-order valence-corrected chi connectivity index (χ2v) is 3.66. The molecule has 3 nitrogen and oxygen atoms in total. The SMILES string of the molecule is CCOC(OCC)C(=O)c1c(F)ccc(C)c1F. The summed E-state index contributed by atoms with van der Waals surface area (Å²) < 4.78 is 37.4. The van der Waals surface area contributed by atoms with Crippen molar-refractivity contribution in [3.63, 3.8) is 0 Å². The summed E-state index contributed by atoms with van der Waals surface area (Å²) in [4.78, 5) is 12.0. The van der Waals surface area contributed by atoms with Crippen LogP contribution in [0, 0.1) is 18.6 Å². The summed E-state index contributed by atoms with van der Waals surface area (Å²) in [7, 11) is 0. The van der Waals surface area contributed by atoms with Crippen LogP contribution < -0.4 is 0 Å². The summed E-state index contributed by atoms with van der Waals surface area (Å²) in [5, 5.41) is 0. The van der Waals surface area contributed by atoms with Crippen LogP contribution in [0.5, 0.6) is 0 Å². The van der Waals surface area contributed by atoms with E-state index in [1.165, 1.54) is 13.0 Å². The number of carbonyl (C=O) groups is 1. The van der Waals surface area contributed by atoms with Crippen molar-refractivity contribution in [2.75, 3.05) is 13.2 Å². The molecule has 1 aromatic carbocycles. The molecular weight excluding hydrogens is 242 g/mol. The second-order valence-electron chi connectivity index (χ2n) is 3.66. The van der Waals surface area contributed by atoms with Gasteiger partial charge in [0.2, 0.25) is 12.1 Å². The molecule has 0 radical (unpaired) electrons. The van der Waals surface area contributed by atoms with Gasteiger partial charge in [-0.05, 0) is 32.4 Å². The van der Waals surface area contributed by atoms with E-state index in [0.29, 0.717) is 0 Å². The monoisotopic (exact) mass is 258 g/mol. The van der Waals surface area contributed by atoms with Crippen molar-refractivity contribution in [2.24, 2.45) is 0 Å². The zero-order valence-electron chi connectivity index (χ0n) is 10.6. The van der Waals surface area contributed by atoms with E-state index in [1.807, 2.05) is 0 Å². The van der Waals surface area contributed by atoms with E-state index in [2.05, 4.69) is 0 Å². The van der Waals surface area contributed by atoms with Gasteiger partial charge in [-0.25, -0.2) is 8.78 Å². The average molecular weight is 258 g/mol. The Morgan fingerprint density at radius 2 is 1.78 bits per heavy atom. The highest BCUT2D eigenvalue weighted by molar-refractivity contribution is 5.99. The maximum absolute atomic E-state index is 13.8. The summed E-state index contributed by atoms with van der Waals surface area (Å²) in [6.45, 7) is 5.23. The number of ketones is 1. The molecule has 100 valence electrons. The lowest BCUT2D eigenvalue weighted by Gasteiger charge is -2.16. The van der Waals surface area contributed by atoms with Crippen molar-refractivity contribution in [3.05, 3.63) is 34.9 Å². The van der Waals surface area contributed by atoms with Crippen LogP contribution in [-0.2, 0) is 9.47 Å². The number of hydrogen-bond acceptors (Lipinski definition) is 3. The van der Waals surface area contributed by atoms with E-state index in [1.54, 1.807) is 13.8 Å². The highest BCUT2D eigenvalue weighted by atomic mass is 19.1. The Morgan fingerprint density at radius 1 is 1.22 bits per heavy atom. The molecule has 0 spiro atoms. The van der Waals surface area contributed by atoms with Gasteiger partial charge in [0.25, 0.3) is 0 Å². The zero-order chi connectivity index (χ0) is 13.7. The molecule has 0 saturated carbocycles. The molecule has 0 aliphatic carbocycles. The third-order valence-corrected chi connectivity index (χ3v) is 2.38. The Labute approximate surface area is 105 Å². The standard InChI is InChI=1S/C13H16F2O3/c1-4-17-13(18-5-2)12(16)10-9(14)7-6-8(3)11(10)15/h6-7,13H,4-5H2,1-3H3. The average Bonchev–Trinajstić information content (AvgIpc) is 2.34. The Bertz CT molecular complexity index is 426. The molecule has 0 heterocycles. The molecule has 0 aliphatic heterocycles. The van der Waals surface area contributed by atoms with Gasteiger partial charge in [-0.3, -0.25) is 4.79 Å². The summed E-state index contributed by atoms with van der Waals surface area (Å²) in [6, 6.07) is 2.33. The van der Waals surface area contributed by atoms with Gasteiger partial charge in [0, 0.05) is 13.2 Å². The predicted molar refractivity (Wildman–Crippen MR) is 62.5 cm³/mol. The molecule has 5 heteroatoms. The first-order valence-electron chi connectivity index (χ1n) is 5.74. The number of ether oxygens (including phenoxy) is 2. The molecule has 0 bridgehead atoms. The van der Waals surface area contributed by atoms with E-state index in [4.69, 9.17) is 9.47 Å². The third-order valence-electron chi connectivity index (χ3n) is 2.38. The number of aryl methyl sites for hydroxylation is 1. The highest BCUT2D eigenvalue weighted by Crippen LogP contribution is 2.19. The van der Waals surface area contributed by atoms with Crippen LogP contribution in [0.1, 0.15) is 29.8 Å². The van der Waals surface area contributed by atoms with Gasteiger partial charge < -0.3 is 9.47 Å². The second kappa shape index (κ2) is 6.56. The molecule has 0 amide bonds. The lowest BCUT2D eigenvalue weighted by Crippen LogP contribution is -2.29. The number of benzene rings is 1. The van der Waals surface area contributed by atoms with Crippen molar-refractivity contribution < 1.29 is 23.0 Å². The lowest BCUT2D eigenvalue weighted by molar-refractivity contribution is -0.107. The van der Waals surface area contributed by atoms with Crippen molar-refractivity contribution in [1.82, 2.24) is 0 Å². The molecule has 0 unspecified atom stereocenters. The van der Waals surface area contributed by atoms with Crippen molar-refractivity contribution in [3.8, 4) is 0 Å². The summed E-state index contributed by atoms with van der Waals surface area (Å²) in [6.07, 6.45) is -1.27. The largest absolute Gasteiger partial charge is 0.346 e.